The fourth-order valence-corrected chi connectivity index (χ4v) is 5.15. The Kier molecular flexibility index (Phi) is 8.76. The van der Waals surface area contributed by atoms with Crippen LogP contribution in [0.15, 0.2) is 24.3 Å². The molecule has 1 aliphatic rings. The fourth-order valence-electron chi connectivity index (χ4n) is 2.46. The number of carbonyl (C=O) groups is 2. The number of rotatable bonds is 6. The van der Waals surface area contributed by atoms with Crippen molar-refractivity contribution in [3.63, 3.8) is 0 Å². The van der Waals surface area contributed by atoms with Crippen LogP contribution < -0.4 is 5.32 Å². The molecule has 148 valence electrons. The first-order valence-corrected chi connectivity index (χ1v) is 12.7. The maximum absolute atomic E-state index is 12.6. The second kappa shape index (κ2) is 10.2. The first-order valence-electron chi connectivity index (χ1n) is 7.82. The minimum absolute atomic E-state index is 0.167. The van der Waals surface area contributed by atoms with Crippen LogP contribution in [-0.2, 0) is 19.6 Å². The number of halogens is 3. The number of nitrogens with one attached hydrogen (secondary N) is 1. The summed E-state index contributed by atoms with van der Waals surface area (Å²) in [4.78, 5) is 24.5. The lowest BCUT2D eigenvalue weighted by molar-refractivity contribution is -0.146. The van der Waals surface area contributed by atoms with Gasteiger partial charge in [0.2, 0.25) is 0 Å². The normalized spacial score (nSPS) is 19.6. The molecule has 0 aromatic heterocycles. The number of amides is 1. The Labute approximate surface area is 198 Å². The molecule has 0 bridgehead atoms. The molecule has 0 radical (unpaired) electrons. The van der Waals surface area contributed by atoms with E-state index in [9.17, 15) is 18.0 Å². The van der Waals surface area contributed by atoms with Crippen molar-refractivity contribution >= 4 is 89.8 Å². The summed E-state index contributed by atoms with van der Waals surface area (Å²) in [5.41, 5.74) is 0.618. The van der Waals surface area contributed by atoms with E-state index in [0.717, 1.165) is 10.7 Å². The van der Waals surface area contributed by atoms with Crippen molar-refractivity contribution in [3.8, 4) is 0 Å². The molecular formula is C16H16I3NO6S. The van der Waals surface area contributed by atoms with Crippen molar-refractivity contribution in [1.29, 1.82) is 0 Å². The Morgan fingerprint density at radius 3 is 2.48 bits per heavy atom. The third kappa shape index (κ3) is 7.40. The van der Waals surface area contributed by atoms with E-state index < -0.39 is 27.8 Å². The summed E-state index contributed by atoms with van der Waals surface area (Å²) in [5, 5.41) is 2.95. The van der Waals surface area contributed by atoms with Gasteiger partial charge in [-0.2, -0.15) is 8.42 Å². The fraction of sp³-hybridized carbons (Fsp3) is 0.375. The van der Waals surface area contributed by atoms with E-state index in [1.54, 1.807) is 12.2 Å². The summed E-state index contributed by atoms with van der Waals surface area (Å²) in [6.07, 6.45) is 4.46. The molecule has 2 unspecified atom stereocenters. The Balaban J connectivity index is 1.91. The molecule has 11 heteroatoms. The molecular weight excluding hydrogens is 715 g/mol. The van der Waals surface area contributed by atoms with Crippen LogP contribution in [0.3, 0.4) is 0 Å². The molecule has 0 fully saturated rings. The van der Waals surface area contributed by atoms with E-state index in [0.29, 0.717) is 18.4 Å². The number of ether oxygens (including phenoxy) is 1. The van der Waals surface area contributed by atoms with Crippen LogP contribution in [0, 0.1) is 16.6 Å². The van der Waals surface area contributed by atoms with Gasteiger partial charge in [-0.25, -0.2) is 0 Å². The summed E-state index contributed by atoms with van der Waals surface area (Å²) >= 11 is 6.51. The van der Waals surface area contributed by atoms with Crippen molar-refractivity contribution < 1.29 is 27.3 Å². The molecule has 0 spiro atoms. The van der Waals surface area contributed by atoms with E-state index >= 15 is 0 Å². The van der Waals surface area contributed by atoms with E-state index in [-0.39, 0.29) is 18.6 Å². The molecule has 0 heterocycles. The highest BCUT2D eigenvalue weighted by Crippen LogP contribution is 2.24. The minimum Gasteiger partial charge on any atom is -0.464 e. The SMILES string of the molecule is O=C(NC1C=CC(C(=O)OCCS(=O)(=O)O)CC1)c1cc(I)cc(I)c1I. The van der Waals surface area contributed by atoms with Crippen molar-refractivity contribution in [2.75, 3.05) is 12.4 Å². The average molecular weight is 731 g/mol. The summed E-state index contributed by atoms with van der Waals surface area (Å²) < 4.78 is 37.6. The van der Waals surface area contributed by atoms with Gasteiger partial charge in [-0.15, -0.1) is 0 Å². The lowest BCUT2D eigenvalue weighted by atomic mass is 9.92. The van der Waals surface area contributed by atoms with Crippen LogP contribution in [0.5, 0.6) is 0 Å². The van der Waals surface area contributed by atoms with Gasteiger partial charge in [-0.1, -0.05) is 12.2 Å². The van der Waals surface area contributed by atoms with E-state index in [1.165, 1.54) is 0 Å². The van der Waals surface area contributed by atoms with Gasteiger partial charge in [0.05, 0.1) is 11.5 Å². The molecule has 1 aromatic carbocycles. The van der Waals surface area contributed by atoms with Gasteiger partial charge >= 0.3 is 5.97 Å². The Morgan fingerprint density at radius 1 is 1.19 bits per heavy atom. The largest absolute Gasteiger partial charge is 0.464 e. The van der Waals surface area contributed by atoms with E-state index in [2.05, 4.69) is 73.1 Å². The summed E-state index contributed by atoms with van der Waals surface area (Å²) in [6, 6.07) is 3.64. The first-order chi connectivity index (χ1) is 12.6. The summed E-state index contributed by atoms with van der Waals surface area (Å²) in [7, 11) is -4.15. The molecule has 1 aromatic rings. The second-order valence-corrected chi connectivity index (χ2v) is 10.9. The van der Waals surface area contributed by atoms with Crippen LogP contribution in [0.25, 0.3) is 0 Å². The number of carbonyl (C=O) groups excluding carboxylic acids is 2. The summed E-state index contributed by atoms with van der Waals surface area (Å²) in [5.74, 6) is -1.82. The molecule has 2 rings (SSSR count). The molecule has 1 amide bonds. The maximum Gasteiger partial charge on any atom is 0.312 e. The van der Waals surface area contributed by atoms with Gasteiger partial charge < -0.3 is 10.1 Å². The van der Waals surface area contributed by atoms with Crippen LogP contribution in [-0.4, -0.2) is 43.2 Å². The smallest absolute Gasteiger partial charge is 0.312 e. The maximum atomic E-state index is 12.6. The third-order valence-electron chi connectivity index (χ3n) is 3.81. The lowest BCUT2D eigenvalue weighted by Gasteiger charge is -2.23. The Hall–Kier alpha value is 0.000000000000000333. The highest BCUT2D eigenvalue weighted by Gasteiger charge is 2.25. The molecule has 0 aliphatic heterocycles. The molecule has 27 heavy (non-hydrogen) atoms. The zero-order valence-corrected chi connectivity index (χ0v) is 21.1. The molecule has 7 nitrogen and oxygen atoms in total. The number of benzene rings is 1. The van der Waals surface area contributed by atoms with Crippen LogP contribution in [0.2, 0.25) is 0 Å². The number of hydrogen-bond acceptors (Lipinski definition) is 5. The topological polar surface area (TPSA) is 110 Å². The quantitative estimate of drug-likeness (QED) is 0.153. The molecule has 2 N–H and O–H groups in total. The van der Waals surface area contributed by atoms with E-state index in [4.69, 9.17) is 9.29 Å². The van der Waals surface area contributed by atoms with Gasteiger partial charge in [0.1, 0.15) is 12.4 Å². The van der Waals surface area contributed by atoms with Gasteiger partial charge in [-0.3, -0.25) is 14.1 Å². The molecule has 0 saturated heterocycles. The predicted octanol–water partition coefficient (Wildman–Crippen LogP) is 3.00. The predicted molar refractivity (Wildman–Crippen MR) is 125 cm³/mol. The monoisotopic (exact) mass is 731 g/mol. The number of hydrogen-bond donors (Lipinski definition) is 2. The van der Waals surface area contributed by atoms with Crippen LogP contribution >= 0.6 is 67.8 Å². The average Bonchev–Trinajstić information content (AvgIpc) is 2.57. The van der Waals surface area contributed by atoms with Gasteiger partial charge in [0.25, 0.3) is 16.0 Å². The lowest BCUT2D eigenvalue weighted by Crippen LogP contribution is -2.36. The second-order valence-electron chi connectivity index (χ2n) is 5.85. The Morgan fingerprint density at radius 2 is 1.89 bits per heavy atom. The minimum atomic E-state index is -4.15. The Bertz CT molecular complexity index is 871. The standard InChI is InChI=1S/C16H16I3NO6S/c17-10-7-12(14(19)13(18)8-10)15(21)20-11-3-1-9(2-4-11)16(22)26-5-6-27(23,24)25/h1,3,7-9,11H,2,4-6H2,(H,20,21)(H,23,24,25). The third-order valence-corrected chi connectivity index (χ3v) is 8.16. The van der Waals surface area contributed by atoms with Gasteiger partial charge in [0.15, 0.2) is 0 Å². The summed E-state index contributed by atoms with van der Waals surface area (Å²) in [6.45, 7) is -0.383. The van der Waals surface area contributed by atoms with Gasteiger partial charge in [0, 0.05) is 16.8 Å². The highest BCUT2D eigenvalue weighted by molar-refractivity contribution is 14.1. The highest BCUT2D eigenvalue weighted by atomic mass is 127. The van der Waals surface area contributed by atoms with Crippen LogP contribution in [0.4, 0.5) is 0 Å². The van der Waals surface area contributed by atoms with Gasteiger partial charge in [-0.05, 0) is 92.7 Å². The molecule has 2 atom stereocenters. The van der Waals surface area contributed by atoms with E-state index in [1.807, 2.05) is 12.1 Å². The zero-order chi connectivity index (χ0) is 20.2. The zero-order valence-electron chi connectivity index (χ0n) is 13.8. The van der Waals surface area contributed by atoms with Crippen molar-refractivity contribution in [3.05, 3.63) is 40.6 Å². The van der Waals surface area contributed by atoms with Crippen molar-refractivity contribution in [2.24, 2.45) is 5.92 Å². The van der Waals surface area contributed by atoms with Crippen molar-refractivity contribution in [1.82, 2.24) is 5.32 Å². The first kappa shape index (κ1) is 23.3. The number of esters is 1. The molecule has 0 saturated carbocycles. The van der Waals surface area contributed by atoms with Crippen LogP contribution in [0.1, 0.15) is 23.2 Å². The molecule has 1 aliphatic carbocycles. The van der Waals surface area contributed by atoms with Crippen molar-refractivity contribution in [2.45, 2.75) is 18.9 Å².